The second-order valence-corrected chi connectivity index (χ2v) is 9.73. The smallest absolute Gasteiger partial charge is 0.230 e. The standard InChI is InChI=1S/C31H26N6O3/c1-18-10-12-20(13-11-18)28-33-29-27-26(21-14-15-23(38-3)24(16-21)39-4)25-19(2)34-37(22-8-6-5-7-9-22)31(25)40-30(27)32-17-36(29)35-28/h5-17,26H,1-4H3/t26-/m1/s1. The molecule has 6 aromatic rings. The van der Waals surface area contributed by atoms with Crippen LogP contribution in [0.15, 0.2) is 79.1 Å². The zero-order valence-electron chi connectivity index (χ0n) is 22.5. The van der Waals surface area contributed by atoms with Gasteiger partial charge in [0.15, 0.2) is 23.0 Å². The molecule has 40 heavy (non-hydrogen) atoms. The van der Waals surface area contributed by atoms with Gasteiger partial charge >= 0.3 is 0 Å². The van der Waals surface area contributed by atoms with Gasteiger partial charge in [-0.1, -0.05) is 54.1 Å². The van der Waals surface area contributed by atoms with Crippen LogP contribution in [0.25, 0.3) is 22.7 Å². The Hall–Kier alpha value is -5.18. The first kappa shape index (κ1) is 23.9. The number of nitrogens with zero attached hydrogens (tertiary/aromatic N) is 6. The van der Waals surface area contributed by atoms with E-state index in [4.69, 9.17) is 34.4 Å². The molecular formula is C31H26N6O3. The molecule has 1 aliphatic heterocycles. The lowest BCUT2D eigenvalue weighted by atomic mass is 9.84. The van der Waals surface area contributed by atoms with E-state index in [1.807, 2.05) is 72.3 Å². The van der Waals surface area contributed by atoms with Gasteiger partial charge in [-0.2, -0.15) is 5.10 Å². The molecule has 0 unspecified atom stereocenters. The van der Waals surface area contributed by atoms with E-state index in [0.29, 0.717) is 34.7 Å². The minimum Gasteiger partial charge on any atom is -0.493 e. The maximum absolute atomic E-state index is 6.53. The zero-order chi connectivity index (χ0) is 27.4. The van der Waals surface area contributed by atoms with Crippen molar-refractivity contribution in [3.8, 4) is 40.3 Å². The van der Waals surface area contributed by atoms with Crippen LogP contribution in [0.1, 0.15) is 33.9 Å². The molecule has 0 saturated carbocycles. The summed E-state index contributed by atoms with van der Waals surface area (Å²) < 4.78 is 21.3. The van der Waals surface area contributed by atoms with Crippen LogP contribution < -0.4 is 14.2 Å². The Balaban J connectivity index is 1.49. The number of para-hydroxylation sites is 1. The van der Waals surface area contributed by atoms with Crippen molar-refractivity contribution in [2.75, 3.05) is 14.2 Å². The Labute approximate surface area is 230 Å². The highest BCUT2D eigenvalue weighted by molar-refractivity contribution is 5.69. The number of hydrogen-bond donors (Lipinski definition) is 0. The predicted molar refractivity (Wildman–Crippen MR) is 150 cm³/mol. The van der Waals surface area contributed by atoms with E-state index < -0.39 is 0 Å². The minimum absolute atomic E-state index is 0.303. The van der Waals surface area contributed by atoms with Crippen molar-refractivity contribution in [3.05, 3.63) is 107 Å². The Bertz CT molecular complexity index is 1880. The summed E-state index contributed by atoms with van der Waals surface area (Å²) in [6, 6.07) is 24.0. The third-order valence-corrected chi connectivity index (χ3v) is 7.27. The summed E-state index contributed by atoms with van der Waals surface area (Å²) in [7, 11) is 3.26. The first-order chi connectivity index (χ1) is 19.6. The number of methoxy groups -OCH3 is 2. The van der Waals surface area contributed by atoms with E-state index in [1.165, 1.54) is 5.56 Å². The Kier molecular flexibility index (Phi) is 5.52. The second kappa shape index (κ2) is 9.23. The van der Waals surface area contributed by atoms with Gasteiger partial charge in [-0.15, -0.1) is 5.10 Å². The molecule has 3 aromatic carbocycles. The number of aryl methyl sites for hydroxylation is 2. The van der Waals surface area contributed by atoms with E-state index in [0.717, 1.165) is 33.6 Å². The molecule has 1 atom stereocenters. The van der Waals surface area contributed by atoms with Crippen molar-refractivity contribution in [1.82, 2.24) is 29.4 Å². The maximum atomic E-state index is 6.53. The van der Waals surface area contributed by atoms with Crippen LogP contribution in [0.4, 0.5) is 0 Å². The van der Waals surface area contributed by atoms with Gasteiger partial charge < -0.3 is 14.2 Å². The molecule has 0 amide bonds. The number of aromatic nitrogens is 6. The summed E-state index contributed by atoms with van der Waals surface area (Å²) >= 11 is 0. The molecule has 0 N–H and O–H groups in total. The molecule has 0 fully saturated rings. The lowest BCUT2D eigenvalue weighted by Crippen LogP contribution is -2.16. The van der Waals surface area contributed by atoms with Crippen LogP contribution >= 0.6 is 0 Å². The van der Waals surface area contributed by atoms with E-state index >= 15 is 0 Å². The quantitative estimate of drug-likeness (QED) is 0.274. The van der Waals surface area contributed by atoms with Gasteiger partial charge in [-0.3, -0.25) is 0 Å². The molecule has 0 bridgehead atoms. The lowest BCUT2D eigenvalue weighted by molar-refractivity contribution is 0.354. The monoisotopic (exact) mass is 530 g/mol. The molecule has 198 valence electrons. The van der Waals surface area contributed by atoms with Crippen LogP contribution in [0.3, 0.4) is 0 Å². The van der Waals surface area contributed by atoms with Crippen molar-refractivity contribution >= 4 is 5.65 Å². The molecular weight excluding hydrogens is 504 g/mol. The van der Waals surface area contributed by atoms with Crippen molar-refractivity contribution in [1.29, 1.82) is 0 Å². The number of fused-ring (bicyclic) bond motifs is 4. The fourth-order valence-electron chi connectivity index (χ4n) is 5.31. The van der Waals surface area contributed by atoms with Crippen molar-refractivity contribution in [2.24, 2.45) is 0 Å². The Morgan fingerprint density at radius 1 is 0.825 bits per heavy atom. The van der Waals surface area contributed by atoms with Gasteiger partial charge in [-0.05, 0) is 43.7 Å². The third-order valence-electron chi connectivity index (χ3n) is 7.27. The largest absolute Gasteiger partial charge is 0.493 e. The molecule has 3 aromatic heterocycles. The van der Waals surface area contributed by atoms with Gasteiger partial charge in [-0.25, -0.2) is 19.2 Å². The highest BCUT2D eigenvalue weighted by Crippen LogP contribution is 2.50. The zero-order valence-corrected chi connectivity index (χ0v) is 22.5. The topological polar surface area (TPSA) is 88.6 Å². The van der Waals surface area contributed by atoms with Crippen molar-refractivity contribution < 1.29 is 14.2 Å². The first-order valence-electron chi connectivity index (χ1n) is 12.9. The summed E-state index contributed by atoms with van der Waals surface area (Å²) in [4.78, 5) is 9.70. The van der Waals surface area contributed by atoms with Crippen LogP contribution in [0, 0.1) is 13.8 Å². The number of rotatable bonds is 5. The van der Waals surface area contributed by atoms with Crippen molar-refractivity contribution in [2.45, 2.75) is 19.8 Å². The Morgan fingerprint density at radius 2 is 1.60 bits per heavy atom. The van der Waals surface area contributed by atoms with Gasteiger partial charge in [0.2, 0.25) is 11.8 Å². The molecule has 0 aliphatic carbocycles. The van der Waals surface area contributed by atoms with Crippen molar-refractivity contribution in [3.63, 3.8) is 0 Å². The maximum Gasteiger partial charge on any atom is 0.230 e. The number of hydrogen-bond acceptors (Lipinski definition) is 7. The summed E-state index contributed by atoms with van der Waals surface area (Å²) in [5.41, 5.74) is 7.20. The SMILES string of the molecule is COc1ccc([C@@H]2c3c(C)nn(-c4ccccc4)c3Oc3ncn4nc(-c5ccc(C)cc5)nc4c32)cc1OC. The number of benzene rings is 3. The van der Waals surface area contributed by atoms with Crippen LogP contribution in [-0.4, -0.2) is 43.6 Å². The summed E-state index contributed by atoms with van der Waals surface area (Å²) in [5.74, 6) is 2.66. The number of ether oxygens (including phenoxy) is 3. The average molecular weight is 531 g/mol. The average Bonchev–Trinajstić information content (AvgIpc) is 3.58. The molecule has 4 heterocycles. The van der Waals surface area contributed by atoms with E-state index in [1.54, 1.807) is 25.1 Å². The second-order valence-electron chi connectivity index (χ2n) is 9.73. The molecule has 0 saturated heterocycles. The first-order valence-corrected chi connectivity index (χ1v) is 12.9. The summed E-state index contributed by atoms with van der Waals surface area (Å²) in [6.45, 7) is 4.05. The van der Waals surface area contributed by atoms with Gasteiger partial charge in [0, 0.05) is 5.56 Å². The van der Waals surface area contributed by atoms with Gasteiger partial charge in [0.1, 0.15) is 6.33 Å². The summed E-state index contributed by atoms with van der Waals surface area (Å²) in [5, 5.41) is 9.67. The van der Waals surface area contributed by atoms with Gasteiger partial charge in [0.25, 0.3) is 0 Å². The van der Waals surface area contributed by atoms with E-state index in [-0.39, 0.29) is 5.92 Å². The van der Waals surface area contributed by atoms with E-state index in [2.05, 4.69) is 19.1 Å². The predicted octanol–water partition coefficient (Wildman–Crippen LogP) is 5.90. The fourth-order valence-corrected chi connectivity index (χ4v) is 5.31. The van der Waals surface area contributed by atoms with E-state index in [9.17, 15) is 0 Å². The minimum atomic E-state index is -0.303. The van der Waals surface area contributed by atoms with Crippen LogP contribution in [-0.2, 0) is 0 Å². The molecule has 0 spiro atoms. The summed E-state index contributed by atoms with van der Waals surface area (Å²) in [6.07, 6.45) is 1.64. The molecule has 1 aliphatic rings. The van der Waals surface area contributed by atoms with Gasteiger partial charge in [0.05, 0.1) is 42.6 Å². The fraction of sp³-hybridized carbons (Fsp3) is 0.161. The van der Waals surface area contributed by atoms with Crippen LogP contribution in [0.5, 0.6) is 23.3 Å². The van der Waals surface area contributed by atoms with Crippen LogP contribution in [0.2, 0.25) is 0 Å². The molecule has 0 radical (unpaired) electrons. The third kappa shape index (κ3) is 3.70. The Morgan fingerprint density at radius 3 is 2.35 bits per heavy atom. The molecule has 7 rings (SSSR count). The normalized spacial score (nSPS) is 13.9. The molecule has 9 heteroatoms. The highest BCUT2D eigenvalue weighted by Gasteiger charge is 2.38. The lowest BCUT2D eigenvalue weighted by Gasteiger charge is -2.26. The highest BCUT2D eigenvalue weighted by atomic mass is 16.5. The molecule has 9 nitrogen and oxygen atoms in total.